The van der Waals surface area contributed by atoms with Crippen LogP contribution < -0.4 is 15.2 Å². The quantitative estimate of drug-likeness (QED) is 0.555. The van der Waals surface area contributed by atoms with Crippen LogP contribution in [-0.4, -0.2) is 103 Å². The molecular weight excluding hydrogens is 452 g/mol. The van der Waals surface area contributed by atoms with Gasteiger partial charge < -0.3 is 30.0 Å². The number of hydrogen-bond acceptors (Lipinski definition) is 10. The molecule has 0 saturated carbocycles. The number of aliphatic imine (C=N–C) groups is 2. The molecule has 1 aromatic heterocycles. The maximum Gasteiger partial charge on any atom is 0.251 e. The maximum atomic E-state index is 12.1. The lowest BCUT2D eigenvalue weighted by Gasteiger charge is -2.29. The molecule has 0 spiro atoms. The summed E-state index contributed by atoms with van der Waals surface area (Å²) in [7, 11) is 1.54. The van der Waals surface area contributed by atoms with Crippen molar-refractivity contribution in [2.45, 2.75) is 6.10 Å². The topological polar surface area (TPSA) is 135 Å². The van der Waals surface area contributed by atoms with Crippen LogP contribution in [0.1, 0.15) is 21.6 Å². The van der Waals surface area contributed by atoms with Crippen molar-refractivity contribution in [3.05, 3.63) is 47.3 Å². The zero-order chi connectivity index (χ0) is 24.4. The van der Waals surface area contributed by atoms with Crippen molar-refractivity contribution in [1.29, 1.82) is 0 Å². The van der Waals surface area contributed by atoms with E-state index in [0.717, 1.165) is 24.5 Å². The monoisotopic (exact) mass is 480 g/mol. The number of hydrogen-bond donors (Lipinski definition) is 2. The Labute approximate surface area is 202 Å². The number of rotatable bonds is 8. The molecule has 1 amide bonds. The Balaban J connectivity index is 1.46. The highest BCUT2D eigenvalue weighted by Crippen LogP contribution is 2.44. The first kappa shape index (κ1) is 23.2. The summed E-state index contributed by atoms with van der Waals surface area (Å²) in [5.41, 5.74) is 7.59. The number of ether oxygens (including phenoxy) is 3. The number of amidine groups is 2. The predicted octanol–water partition coefficient (Wildman–Crippen LogP) is 0.415. The number of nitrogens with zero attached hydrogens (tertiary/aromatic N) is 5. The number of nitrogens with two attached hydrogens (primary N) is 1. The average molecular weight is 481 g/mol. The van der Waals surface area contributed by atoms with Crippen molar-refractivity contribution in [3.63, 3.8) is 0 Å². The molecule has 1 aromatic carbocycles. The van der Waals surface area contributed by atoms with E-state index < -0.39 is 12.0 Å². The highest BCUT2D eigenvalue weighted by molar-refractivity contribution is 6.22. The van der Waals surface area contributed by atoms with Crippen molar-refractivity contribution in [3.8, 4) is 11.5 Å². The van der Waals surface area contributed by atoms with Crippen LogP contribution in [0, 0.1) is 0 Å². The van der Waals surface area contributed by atoms with E-state index >= 15 is 0 Å². The van der Waals surface area contributed by atoms with E-state index in [1.165, 1.54) is 0 Å². The lowest BCUT2D eigenvalue weighted by Crippen LogP contribution is -2.42. The molecule has 3 aliphatic heterocycles. The second-order valence-corrected chi connectivity index (χ2v) is 8.43. The molecule has 4 heterocycles. The number of β-amino-alcohol motifs (C(OH)–C–C–N with tert-alkyl or cyclic N) is 1. The molecular formula is C24H28N6O5. The lowest BCUT2D eigenvalue weighted by molar-refractivity contribution is 0.00446. The van der Waals surface area contributed by atoms with Gasteiger partial charge in [0.05, 0.1) is 32.4 Å². The van der Waals surface area contributed by atoms with Gasteiger partial charge >= 0.3 is 0 Å². The number of carbonyl (C=O) groups excluding carboxylic acids is 1. The molecule has 1 atom stereocenters. The number of methoxy groups -OCH3 is 1. The summed E-state index contributed by atoms with van der Waals surface area (Å²) in [6, 6.07) is 6.97. The number of aliphatic hydroxyl groups excluding tert-OH is 1. The number of carbonyl (C=O) groups is 1. The lowest BCUT2D eigenvalue weighted by atomic mass is 10.1. The average Bonchev–Trinajstić information content (AvgIpc) is 3.37. The van der Waals surface area contributed by atoms with Crippen LogP contribution in [0.5, 0.6) is 11.5 Å². The minimum Gasteiger partial charge on any atom is -0.491 e. The second kappa shape index (κ2) is 9.98. The first-order valence-electron chi connectivity index (χ1n) is 11.5. The minimum atomic E-state index is -0.672. The molecule has 1 unspecified atom stereocenters. The van der Waals surface area contributed by atoms with Gasteiger partial charge in [-0.05, 0) is 24.3 Å². The van der Waals surface area contributed by atoms with Crippen molar-refractivity contribution >= 4 is 23.3 Å². The fraction of sp³-hybridized carbons (Fsp3) is 0.417. The Morgan fingerprint density at radius 2 is 2.06 bits per heavy atom. The SMILES string of the molecule is COc1c(OCC(O)CN2CCOCC2)ccc2c1N=C(c1ncccc1C(N)=O)N1CCN=C21. The van der Waals surface area contributed by atoms with Gasteiger partial charge in [-0.3, -0.25) is 19.7 Å². The fourth-order valence-electron chi connectivity index (χ4n) is 4.49. The maximum absolute atomic E-state index is 12.1. The highest BCUT2D eigenvalue weighted by atomic mass is 16.5. The Morgan fingerprint density at radius 1 is 1.23 bits per heavy atom. The van der Waals surface area contributed by atoms with Gasteiger partial charge in [0, 0.05) is 37.9 Å². The van der Waals surface area contributed by atoms with E-state index in [4.69, 9.17) is 24.9 Å². The Bertz CT molecular complexity index is 1180. The van der Waals surface area contributed by atoms with Crippen molar-refractivity contribution in [1.82, 2.24) is 14.8 Å². The summed E-state index contributed by atoms with van der Waals surface area (Å²) < 4.78 is 17.0. The number of primary amides is 1. The highest BCUT2D eigenvalue weighted by Gasteiger charge is 2.35. The van der Waals surface area contributed by atoms with Gasteiger partial charge in [0.1, 0.15) is 29.9 Å². The second-order valence-electron chi connectivity index (χ2n) is 8.43. The van der Waals surface area contributed by atoms with E-state index in [1.54, 1.807) is 31.5 Å². The van der Waals surface area contributed by atoms with Crippen LogP contribution in [-0.2, 0) is 4.74 Å². The predicted molar refractivity (Wildman–Crippen MR) is 129 cm³/mol. The largest absolute Gasteiger partial charge is 0.491 e. The number of benzene rings is 1. The molecule has 2 aromatic rings. The van der Waals surface area contributed by atoms with Gasteiger partial charge in [-0.1, -0.05) is 0 Å². The van der Waals surface area contributed by atoms with E-state index in [1.807, 2.05) is 11.0 Å². The first-order chi connectivity index (χ1) is 17.1. The molecule has 0 bridgehead atoms. The Hall–Kier alpha value is -3.54. The van der Waals surface area contributed by atoms with Crippen LogP contribution in [0.15, 0.2) is 40.4 Å². The standard InChI is InChI=1S/C24H28N6O5/c1-33-21-18(35-14-15(31)13-29-9-11-34-12-10-29)5-4-17-19(21)28-24(30-8-7-27-23(17)30)20-16(22(25)32)3-2-6-26-20/h2-6,15,31H,7-14H2,1H3,(H2,25,32). The molecule has 0 radical (unpaired) electrons. The van der Waals surface area contributed by atoms with E-state index in [2.05, 4.69) is 14.9 Å². The number of fused-ring (bicyclic) bond motifs is 3. The number of pyridine rings is 1. The zero-order valence-electron chi connectivity index (χ0n) is 19.5. The summed E-state index contributed by atoms with van der Waals surface area (Å²) in [4.78, 5) is 30.1. The Kier molecular flexibility index (Phi) is 6.62. The molecule has 11 heteroatoms. The summed E-state index contributed by atoms with van der Waals surface area (Å²) in [6.45, 7) is 4.70. The van der Waals surface area contributed by atoms with Gasteiger partial charge in [-0.2, -0.15) is 0 Å². The van der Waals surface area contributed by atoms with Crippen molar-refractivity contribution in [2.24, 2.45) is 15.7 Å². The molecule has 1 saturated heterocycles. The summed E-state index contributed by atoms with van der Waals surface area (Å²) in [5.74, 6) is 1.50. The third-order valence-corrected chi connectivity index (χ3v) is 6.14. The zero-order valence-corrected chi connectivity index (χ0v) is 19.5. The summed E-state index contributed by atoms with van der Waals surface area (Å²) in [6.07, 6.45) is 0.925. The van der Waals surface area contributed by atoms with Crippen LogP contribution in [0.4, 0.5) is 5.69 Å². The van der Waals surface area contributed by atoms with Gasteiger partial charge in [-0.25, -0.2) is 4.99 Å². The summed E-state index contributed by atoms with van der Waals surface area (Å²) >= 11 is 0. The van der Waals surface area contributed by atoms with Crippen molar-refractivity contribution in [2.75, 3.05) is 59.7 Å². The van der Waals surface area contributed by atoms with Crippen LogP contribution in [0.2, 0.25) is 0 Å². The van der Waals surface area contributed by atoms with E-state index in [0.29, 0.717) is 61.6 Å². The molecule has 1 fully saturated rings. The van der Waals surface area contributed by atoms with Crippen LogP contribution >= 0.6 is 0 Å². The van der Waals surface area contributed by atoms with Crippen LogP contribution in [0.3, 0.4) is 0 Å². The fourth-order valence-corrected chi connectivity index (χ4v) is 4.49. The minimum absolute atomic E-state index is 0.0994. The van der Waals surface area contributed by atoms with Gasteiger partial charge in [0.25, 0.3) is 5.91 Å². The molecule has 0 aliphatic carbocycles. The smallest absolute Gasteiger partial charge is 0.251 e. The Morgan fingerprint density at radius 3 is 2.83 bits per heavy atom. The summed E-state index contributed by atoms with van der Waals surface area (Å²) in [5, 5.41) is 10.5. The number of morpholine rings is 1. The molecule has 5 rings (SSSR count). The molecule has 3 aliphatic rings. The van der Waals surface area contributed by atoms with Gasteiger partial charge in [-0.15, -0.1) is 0 Å². The third kappa shape index (κ3) is 4.57. The third-order valence-electron chi connectivity index (χ3n) is 6.14. The molecule has 11 nitrogen and oxygen atoms in total. The normalized spacial score (nSPS) is 18.3. The van der Waals surface area contributed by atoms with E-state index in [-0.39, 0.29) is 12.2 Å². The number of amides is 1. The van der Waals surface area contributed by atoms with Crippen LogP contribution in [0.25, 0.3) is 0 Å². The van der Waals surface area contributed by atoms with Crippen molar-refractivity contribution < 1.29 is 24.1 Å². The molecule has 35 heavy (non-hydrogen) atoms. The molecule has 3 N–H and O–H groups in total. The van der Waals surface area contributed by atoms with Gasteiger partial charge in [0.2, 0.25) is 0 Å². The first-order valence-corrected chi connectivity index (χ1v) is 11.5. The van der Waals surface area contributed by atoms with Gasteiger partial charge in [0.15, 0.2) is 17.3 Å². The van der Waals surface area contributed by atoms with E-state index in [9.17, 15) is 9.90 Å². The number of aromatic nitrogens is 1. The molecule has 184 valence electrons. The number of aliphatic hydroxyl groups is 1.